The predicted molar refractivity (Wildman–Crippen MR) is 81.5 cm³/mol. The third kappa shape index (κ3) is 3.57. The summed E-state index contributed by atoms with van der Waals surface area (Å²) in [6.45, 7) is 7.14. The van der Waals surface area contributed by atoms with Crippen LogP contribution in [0.1, 0.15) is 38.9 Å². The van der Waals surface area contributed by atoms with Gasteiger partial charge in [-0.1, -0.05) is 26.7 Å². The van der Waals surface area contributed by atoms with Crippen molar-refractivity contribution in [3.63, 3.8) is 0 Å². The van der Waals surface area contributed by atoms with E-state index in [1.54, 1.807) is 0 Å². The van der Waals surface area contributed by atoms with Crippen LogP contribution in [0.25, 0.3) is 11.0 Å². The lowest BCUT2D eigenvalue weighted by Gasteiger charge is -2.09. The maximum absolute atomic E-state index is 13.3. The van der Waals surface area contributed by atoms with Gasteiger partial charge in [0.15, 0.2) is 0 Å². The Morgan fingerprint density at radius 2 is 2.10 bits per heavy atom. The molecule has 3 nitrogen and oxygen atoms in total. The summed E-state index contributed by atoms with van der Waals surface area (Å²) in [5.74, 6) is 0.844. The number of rotatable bonds is 8. The SMILES string of the molecule is CCCCCn1c(CCNCC)nc2cc(F)ccc21. The fourth-order valence-electron chi connectivity index (χ4n) is 2.49. The second kappa shape index (κ2) is 7.39. The zero-order valence-electron chi connectivity index (χ0n) is 12.5. The van der Waals surface area contributed by atoms with Crippen LogP contribution in [0.5, 0.6) is 0 Å². The Morgan fingerprint density at radius 1 is 1.25 bits per heavy atom. The molecule has 0 bridgehead atoms. The van der Waals surface area contributed by atoms with Gasteiger partial charge in [-0.25, -0.2) is 9.37 Å². The van der Waals surface area contributed by atoms with Gasteiger partial charge in [-0.05, 0) is 25.1 Å². The van der Waals surface area contributed by atoms with Crippen molar-refractivity contribution in [2.75, 3.05) is 13.1 Å². The first-order valence-electron chi connectivity index (χ1n) is 7.61. The lowest BCUT2D eigenvalue weighted by atomic mass is 10.2. The lowest BCUT2D eigenvalue weighted by Crippen LogP contribution is -2.18. The van der Waals surface area contributed by atoms with E-state index in [4.69, 9.17) is 0 Å². The number of hydrogen-bond donors (Lipinski definition) is 1. The number of nitrogens with zero attached hydrogens (tertiary/aromatic N) is 2. The molecule has 4 heteroatoms. The summed E-state index contributed by atoms with van der Waals surface area (Å²) < 4.78 is 15.6. The number of halogens is 1. The first-order chi connectivity index (χ1) is 9.76. The Labute approximate surface area is 120 Å². The molecular formula is C16H24FN3. The summed E-state index contributed by atoms with van der Waals surface area (Å²) in [7, 11) is 0. The summed E-state index contributed by atoms with van der Waals surface area (Å²) in [6.07, 6.45) is 4.45. The van der Waals surface area contributed by atoms with Crippen LogP contribution in [0.2, 0.25) is 0 Å². The Balaban J connectivity index is 2.24. The van der Waals surface area contributed by atoms with E-state index in [9.17, 15) is 4.39 Å². The molecule has 0 aliphatic rings. The van der Waals surface area contributed by atoms with Gasteiger partial charge >= 0.3 is 0 Å². The van der Waals surface area contributed by atoms with Crippen LogP contribution < -0.4 is 5.32 Å². The van der Waals surface area contributed by atoms with Crippen molar-refractivity contribution in [1.29, 1.82) is 0 Å². The summed E-state index contributed by atoms with van der Waals surface area (Å²) in [6, 6.07) is 4.90. The van der Waals surface area contributed by atoms with Crippen LogP contribution in [0, 0.1) is 5.82 Å². The van der Waals surface area contributed by atoms with Crippen molar-refractivity contribution in [2.24, 2.45) is 0 Å². The van der Waals surface area contributed by atoms with Crippen molar-refractivity contribution in [3.05, 3.63) is 29.8 Å². The topological polar surface area (TPSA) is 29.9 Å². The molecule has 0 saturated carbocycles. The van der Waals surface area contributed by atoms with E-state index in [1.165, 1.54) is 25.0 Å². The molecular weight excluding hydrogens is 253 g/mol. The van der Waals surface area contributed by atoms with Gasteiger partial charge in [0.25, 0.3) is 0 Å². The maximum atomic E-state index is 13.3. The molecule has 1 heterocycles. The zero-order valence-corrected chi connectivity index (χ0v) is 12.5. The number of imidazole rings is 1. The van der Waals surface area contributed by atoms with Gasteiger partial charge in [-0.2, -0.15) is 0 Å². The third-order valence-electron chi connectivity index (χ3n) is 3.55. The van der Waals surface area contributed by atoms with Gasteiger partial charge < -0.3 is 9.88 Å². The minimum Gasteiger partial charge on any atom is -0.328 e. The van der Waals surface area contributed by atoms with Crippen LogP contribution in [0.3, 0.4) is 0 Å². The van der Waals surface area contributed by atoms with Gasteiger partial charge in [-0.15, -0.1) is 0 Å². The average molecular weight is 277 g/mol. The number of aryl methyl sites for hydroxylation is 1. The average Bonchev–Trinajstić information content (AvgIpc) is 2.77. The highest BCUT2D eigenvalue weighted by molar-refractivity contribution is 5.76. The molecule has 20 heavy (non-hydrogen) atoms. The standard InChI is InChI=1S/C16H24FN3/c1-3-5-6-11-20-15-8-7-13(17)12-14(15)19-16(20)9-10-18-4-2/h7-8,12,18H,3-6,9-11H2,1-2H3. The lowest BCUT2D eigenvalue weighted by molar-refractivity contribution is 0.581. The van der Waals surface area contributed by atoms with Crippen LogP contribution in [0.4, 0.5) is 4.39 Å². The van der Waals surface area contributed by atoms with E-state index < -0.39 is 0 Å². The number of fused-ring (bicyclic) bond motifs is 1. The maximum Gasteiger partial charge on any atom is 0.125 e. The molecule has 110 valence electrons. The molecule has 0 aliphatic carbocycles. The van der Waals surface area contributed by atoms with E-state index in [0.29, 0.717) is 0 Å². The zero-order chi connectivity index (χ0) is 14.4. The molecule has 0 saturated heterocycles. The molecule has 1 aromatic carbocycles. The van der Waals surface area contributed by atoms with Crippen molar-refractivity contribution in [1.82, 2.24) is 14.9 Å². The number of aromatic nitrogens is 2. The second-order valence-electron chi connectivity index (χ2n) is 5.12. The van der Waals surface area contributed by atoms with E-state index in [0.717, 1.165) is 49.3 Å². The highest BCUT2D eigenvalue weighted by Gasteiger charge is 2.10. The van der Waals surface area contributed by atoms with Crippen molar-refractivity contribution >= 4 is 11.0 Å². The molecule has 1 N–H and O–H groups in total. The van der Waals surface area contributed by atoms with Gasteiger partial charge in [-0.3, -0.25) is 0 Å². The number of likely N-dealkylation sites (N-methyl/N-ethyl adjacent to an activating group) is 1. The van der Waals surface area contributed by atoms with Crippen LogP contribution in [0.15, 0.2) is 18.2 Å². The molecule has 0 spiro atoms. The number of nitrogens with one attached hydrogen (secondary N) is 1. The molecule has 0 fully saturated rings. The molecule has 0 amide bonds. The van der Waals surface area contributed by atoms with Crippen molar-refractivity contribution in [2.45, 2.75) is 46.1 Å². The fourth-order valence-corrected chi connectivity index (χ4v) is 2.49. The van der Waals surface area contributed by atoms with E-state index in [-0.39, 0.29) is 5.82 Å². The van der Waals surface area contributed by atoms with E-state index in [2.05, 4.69) is 28.7 Å². The van der Waals surface area contributed by atoms with Crippen LogP contribution >= 0.6 is 0 Å². The van der Waals surface area contributed by atoms with E-state index in [1.807, 2.05) is 6.07 Å². The summed E-state index contributed by atoms with van der Waals surface area (Å²) in [5, 5.41) is 3.32. The van der Waals surface area contributed by atoms with E-state index >= 15 is 0 Å². The van der Waals surface area contributed by atoms with Gasteiger partial charge in [0.2, 0.25) is 0 Å². The molecule has 0 aliphatic heterocycles. The second-order valence-corrected chi connectivity index (χ2v) is 5.12. The summed E-state index contributed by atoms with van der Waals surface area (Å²) in [4.78, 5) is 4.61. The Bertz CT molecular complexity index is 548. The summed E-state index contributed by atoms with van der Waals surface area (Å²) in [5.41, 5.74) is 1.82. The number of unbranched alkanes of at least 4 members (excludes halogenated alkanes) is 2. The quantitative estimate of drug-likeness (QED) is 0.748. The summed E-state index contributed by atoms with van der Waals surface area (Å²) >= 11 is 0. The fraction of sp³-hybridized carbons (Fsp3) is 0.562. The molecule has 0 unspecified atom stereocenters. The Morgan fingerprint density at radius 3 is 2.85 bits per heavy atom. The number of benzene rings is 1. The van der Waals surface area contributed by atoms with Gasteiger partial charge in [0, 0.05) is 25.6 Å². The van der Waals surface area contributed by atoms with Crippen molar-refractivity contribution in [3.8, 4) is 0 Å². The first-order valence-corrected chi connectivity index (χ1v) is 7.61. The Hall–Kier alpha value is -1.42. The predicted octanol–water partition coefficient (Wildman–Crippen LogP) is 3.52. The monoisotopic (exact) mass is 277 g/mol. The van der Waals surface area contributed by atoms with Gasteiger partial charge in [0.05, 0.1) is 11.0 Å². The minimum absolute atomic E-state index is 0.214. The normalized spacial score (nSPS) is 11.3. The minimum atomic E-state index is -0.214. The Kier molecular flexibility index (Phi) is 5.53. The van der Waals surface area contributed by atoms with Crippen LogP contribution in [-0.2, 0) is 13.0 Å². The third-order valence-corrected chi connectivity index (χ3v) is 3.55. The smallest absolute Gasteiger partial charge is 0.125 e. The molecule has 2 aromatic rings. The van der Waals surface area contributed by atoms with Crippen molar-refractivity contribution < 1.29 is 4.39 Å². The molecule has 0 atom stereocenters. The van der Waals surface area contributed by atoms with Crippen LogP contribution in [-0.4, -0.2) is 22.6 Å². The van der Waals surface area contributed by atoms with Gasteiger partial charge in [0.1, 0.15) is 11.6 Å². The molecule has 1 aromatic heterocycles. The highest BCUT2D eigenvalue weighted by atomic mass is 19.1. The molecule has 2 rings (SSSR count). The molecule has 0 radical (unpaired) electrons. The largest absolute Gasteiger partial charge is 0.328 e. The first kappa shape index (κ1) is 15.0. The highest BCUT2D eigenvalue weighted by Crippen LogP contribution is 2.19. The number of hydrogen-bond acceptors (Lipinski definition) is 2.